The van der Waals surface area contributed by atoms with Crippen LogP contribution in [0.1, 0.15) is 38.5 Å². The summed E-state index contributed by atoms with van der Waals surface area (Å²) in [5, 5.41) is 7.92. The molecule has 1 saturated heterocycles. The van der Waals surface area contributed by atoms with Crippen molar-refractivity contribution in [1.29, 1.82) is 0 Å². The van der Waals surface area contributed by atoms with Gasteiger partial charge >= 0.3 is 0 Å². The van der Waals surface area contributed by atoms with Gasteiger partial charge in [-0.25, -0.2) is 4.98 Å². The minimum atomic E-state index is 0.188. The molecule has 1 aliphatic heterocycles. The standard InChI is InChI=1S/C23H34N6O/c1-28(2)21-19-6-4-5-7-20(19)26-23(27-21)25-18-10-8-17(9-11-18)24-22(30)16-12-14-29(3)15-13-16/h4-7,16-18H,8-15H2,1-3H3,(H,24,30)(H,25,26,27). The number of likely N-dealkylation sites (tertiary alicyclic amines) is 1. The van der Waals surface area contributed by atoms with Crippen LogP contribution < -0.4 is 15.5 Å². The van der Waals surface area contributed by atoms with Gasteiger partial charge in [0.25, 0.3) is 0 Å². The van der Waals surface area contributed by atoms with Crippen molar-refractivity contribution in [3.05, 3.63) is 24.3 Å². The number of carbonyl (C=O) groups is 1. The number of benzene rings is 1. The third-order valence-electron chi connectivity index (χ3n) is 6.50. The van der Waals surface area contributed by atoms with Gasteiger partial charge in [-0.1, -0.05) is 12.1 Å². The first-order valence-corrected chi connectivity index (χ1v) is 11.2. The largest absolute Gasteiger partial charge is 0.362 e. The molecule has 162 valence electrons. The summed E-state index contributed by atoms with van der Waals surface area (Å²) in [4.78, 5) is 26.4. The lowest BCUT2D eigenvalue weighted by molar-refractivity contribution is -0.127. The molecule has 2 fully saturated rings. The van der Waals surface area contributed by atoms with E-state index in [0.717, 1.165) is 68.3 Å². The van der Waals surface area contributed by atoms with E-state index in [1.807, 2.05) is 37.2 Å². The number of rotatable bonds is 5. The van der Waals surface area contributed by atoms with Gasteiger partial charge in [0, 0.05) is 37.5 Å². The van der Waals surface area contributed by atoms with Crippen LogP contribution in [0.5, 0.6) is 0 Å². The number of carbonyl (C=O) groups excluding carboxylic acids is 1. The summed E-state index contributed by atoms with van der Waals surface area (Å²) >= 11 is 0. The van der Waals surface area contributed by atoms with Crippen molar-refractivity contribution >= 4 is 28.6 Å². The van der Waals surface area contributed by atoms with Gasteiger partial charge in [-0.05, 0) is 70.8 Å². The molecule has 4 rings (SSSR count). The Morgan fingerprint density at radius 1 is 1.00 bits per heavy atom. The topological polar surface area (TPSA) is 73.4 Å². The van der Waals surface area contributed by atoms with Crippen LogP contribution in [0.15, 0.2) is 24.3 Å². The number of piperidine rings is 1. The molecule has 2 N–H and O–H groups in total. The fraction of sp³-hybridized carbons (Fsp3) is 0.609. The molecule has 1 aliphatic carbocycles. The molecule has 2 heterocycles. The van der Waals surface area contributed by atoms with E-state index in [4.69, 9.17) is 9.97 Å². The monoisotopic (exact) mass is 410 g/mol. The van der Waals surface area contributed by atoms with E-state index >= 15 is 0 Å². The number of anilines is 2. The van der Waals surface area contributed by atoms with E-state index in [1.54, 1.807) is 0 Å². The first-order chi connectivity index (χ1) is 14.5. The Morgan fingerprint density at radius 3 is 2.37 bits per heavy atom. The maximum absolute atomic E-state index is 12.6. The third kappa shape index (κ3) is 4.83. The highest BCUT2D eigenvalue weighted by Gasteiger charge is 2.28. The van der Waals surface area contributed by atoms with Crippen molar-refractivity contribution in [2.75, 3.05) is 44.4 Å². The number of hydrogen-bond acceptors (Lipinski definition) is 6. The zero-order valence-electron chi connectivity index (χ0n) is 18.4. The molecule has 0 radical (unpaired) electrons. The van der Waals surface area contributed by atoms with Gasteiger partial charge in [0.2, 0.25) is 11.9 Å². The molecule has 7 nitrogen and oxygen atoms in total. The highest BCUT2D eigenvalue weighted by molar-refractivity contribution is 5.90. The van der Waals surface area contributed by atoms with Crippen molar-refractivity contribution in [3.63, 3.8) is 0 Å². The van der Waals surface area contributed by atoms with Gasteiger partial charge in [0.1, 0.15) is 5.82 Å². The first kappa shape index (κ1) is 20.8. The van der Waals surface area contributed by atoms with Crippen LogP contribution in [0, 0.1) is 5.92 Å². The van der Waals surface area contributed by atoms with Crippen LogP contribution in [0.4, 0.5) is 11.8 Å². The Morgan fingerprint density at radius 2 is 1.67 bits per heavy atom. The molecule has 2 aliphatic rings. The number of aromatic nitrogens is 2. The van der Waals surface area contributed by atoms with Crippen LogP contribution in [-0.4, -0.2) is 67.1 Å². The predicted molar refractivity (Wildman–Crippen MR) is 122 cm³/mol. The zero-order valence-corrected chi connectivity index (χ0v) is 18.4. The Hall–Kier alpha value is -2.41. The predicted octanol–water partition coefficient (Wildman–Crippen LogP) is 2.88. The van der Waals surface area contributed by atoms with Gasteiger partial charge in [0.15, 0.2) is 0 Å². The zero-order chi connectivity index (χ0) is 21.1. The van der Waals surface area contributed by atoms with Crippen molar-refractivity contribution < 1.29 is 4.79 Å². The molecule has 1 amide bonds. The lowest BCUT2D eigenvalue weighted by Gasteiger charge is -2.33. The number of fused-ring (bicyclic) bond motifs is 1. The van der Waals surface area contributed by atoms with Gasteiger partial charge in [-0.2, -0.15) is 4.98 Å². The smallest absolute Gasteiger partial charge is 0.225 e. The van der Waals surface area contributed by atoms with E-state index in [-0.39, 0.29) is 11.8 Å². The second kappa shape index (κ2) is 9.16. The number of nitrogens with zero attached hydrogens (tertiary/aromatic N) is 4. The van der Waals surface area contributed by atoms with E-state index in [0.29, 0.717) is 18.0 Å². The second-order valence-corrected chi connectivity index (χ2v) is 9.06. The molecule has 7 heteroatoms. The van der Waals surface area contributed by atoms with Crippen LogP contribution in [0.2, 0.25) is 0 Å². The third-order valence-corrected chi connectivity index (χ3v) is 6.50. The van der Waals surface area contributed by atoms with Crippen LogP contribution >= 0.6 is 0 Å². The average Bonchev–Trinajstić information content (AvgIpc) is 2.75. The first-order valence-electron chi connectivity index (χ1n) is 11.2. The average molecular weight is 411 g/mol. The van der Waals surface area contributed by atoms with Crippen LogP contribution in [0.25, 0.3) is 10.9 Å². The summed E-state index contributed by atoms with van der Waals surface area (Å²) in [6.07, 6.45) is 6.01. The molecule has 30 heavy (non-hydrogen) atoms. The highest BCUT2D eigenvalue weighted by Crippen LogP contribution is 2.26. The summed E-state index contributed by atoms with van der Waals surface area (Å²) in [5.41, 5.74) is 0.956. The summed E-state index contributed by atoms with van der Waals surface area (Å²) in [7, 11) is 6.15. The summed E-state index contributed by atoms with van der Waals surface area (Å²) in [6, 6.07) is 8.77. The SMILES string of the molecule is CN1CCC(C(=O)NC2CCC(Nc3nc(N(C)C)c4ccccc4n3)CC2)CC1. The molecule has 0 bridgehead atoms. The molecule has 1 aromatic heterocycles. The molecule has 0 spiro atoms. The quantitative estimate of drug-likeness (QED) is 0.790. The highest BCUT2D eigenvalue weighted by atomic mass is 16.1. The Bertz CT molecular complexity index is 869. The Labute approximate surface area is 179 Å². The number of nitrogens with one attached hydrogen (secondary N) is 2. The number of hydrogen-bond donors (Lipinski definition) is 2. The lowest BCUT2D eigenvalue weighted by atomic mass is 9.90. The Kier molecular flexibility index (Phi) is 6.37. The molecule has 2 aromatic rings. The van der Waals surface area contributed by atoms with E-state index in [9.17, 15) is 4.79 Å². The summed E-state index contributed by atoms with van der Waals surface area (Å²) < 4.78 is 0. The minimum Gasteiger partial charge on any atom is -0.362 e. The molecular weight excluding hydrogens is 376 g/mol. The van der Waals surface area contributed by atoms with E-state index < -0.39 is 0 Å². The minimum absolute atomic E-state index is 0.188. The van der Waals surface area contributed by atoms with Crippen LogP contribution in [0.3, 0.4) is 0 Å². The van der Waals surface area contributed by atoms with Crippen molar-refractivity contribution in [1.82, 2.24) is 20.2 Å². The number of amides is 1. The molecule has 0 atom stereocenters. The lowest BCUT2D eigenvalue weighted by Crippen LogP contribution is -2.45. The van der Waals surface area contributed by atoms with E-state index in [1.165, 1.54) is 0 Å². The molecule has 0 unspecified atom stereocenters. The summed E-state index contributed by atoms with van der Waals surface area (Å²) in [5.74, 6) is 2.07. The van der Waals surface area contributed by atoms with Gasteiger partial charge < -0.3 is 20.4 Å². The molecular formula is C23H34N6O. The van der Waals surface area contributed by atoms with Crippen molar-refractivity contribution in [2.24, 2.45) is 5.92 Å². The van der Waals surface area contributed by atoms with Crippen LogP contribution in [-0.2, 0) is 4.79 Å². The maximum Gasteiger partial charge on any atom is 0.225 e. The summed E-state index contributed by atoms with van der Waals surface area (Å²) in [6.45, 7) is 2.05. The van der Waals surface area contributed by atoms with Crippen molar-refractivity contribution in [3.8, 4) is 0 Å². The molecule has 1 saturated carbocycles. The van der Waals surface area contributed by atoms with Gasteiger partial charge in [-0.3, -0.25) is 4.79 Å². The normalized spacial score (nSPS) is 23.3. The Balaban J connectivity index is 1.32. The second-order valence-electron chi connectivity index (χ2n) is 9.06. The van der Waals surface area contributed by atoms with Gasteiger partial charge in [0.05, 0.1) is 5.52 Å². The van der Waals surface area contributed by atoms with Gasteiger partial charge in [-0.15, -0.1) is 0 Å². The van der Waals surface area contributed by atoms with E-state index in [2.05, 4.69) is 28.6 Å². The molecule has 1 aromatic carbocycles. The van der Waals surface area contributed by atoms with Crippen molar-refractivity contribution in [2.45, 2.75) is 50.6 Å². The fourth-order valence-corrected chi connectivity index (χ4v) is 4.62. The number of para-hydroxylation sites is 1. The maximum atomic E-state index is 12.6. The fourth-order valence-electron chi connectivity index (χ4n) is 4.62.